The Morgan fingerprint density at radius 1 is 0.475 bits per heavy atom. The van der Waals surface area contributed by atoms with Crippen LogP contribution in [0, 0.1) is 27.7 Å². The Kier molecular flexibility index (Phi) is 8.07. The highest BCUT2D eigenvalue weighted by molar-refractivity contribution is 7.00. The van der Waals surface area contributed by atoms with Gasteiger partial charge in [-0.2, -0.15) is 0 Å². The second-order valence-corrected chi connectivity index (χ2v) is 11.2. The molecule has 5 aromatic carbocycles. The fourth-order valence-electron chi connectivity index (χ4n) is 5.48. The van der Waals surface area contributed by atoms with Crippen LogP contribution in [0.5, 0.6) is 0 Å². The van der Waals surface area contributed by atoms with E-state index in [-0.39, 0.29) is 6.71 Å². The monoisotopic (exact) mass is 519 g/mol. The highest BCUT2D eigenvalue weighted by Gasteiger charge is 2.30. The van der Waals surface area contributed by atoms with Crippen LogP contribution >= 0.6 is 0 Å². The molecule has 0 saturated heterocycles. The molecule has 0 atom stereocenters. The number of hydrogen-bond acceptors (Lipinski definition) is 1. The minimum Gasteiger partial charge on any atom is -0.377 e. The third-order valence-electron chi connectivity index (χ3n) is 7.74. The number of nitrogens with zero attached hydrogens (tertiary/aromatic N) is 1. The molecule has 198 valence electrons. The quantitative estimate of drug-likeness (QED) is 0.157. The van der Waals surface area contributed by atoms with Crippen LogP contribution in [-0.4, -0.2) is 20.8 Å². The summed E-state index contributed by atoms with van der Waals surface area (Å²) in [7, 11) is 4.27. The fourth-order valence-corrected chi connectivity index (χ4v) is 5.48. The molecule has 0 N–H and O–H groups in total. The Balaban J connectivity index is 1.96. The van der Waals surface area contributed by atoms with Gasteiger partial charge in [0.1, 0.15) is 0 Å². The molecule has 5 aromatic rings. The first-order valence-corrected chi connectivity index (χ1v) is 14.1. The third kappa shape index (κ3) is 5.82. The van der Waals surface area contributed by atoms with Gasteiger partial charge in [0.25, 0.3) is 0 Å². The van der Waals surface area contributed by atoms with Gasteiger partial charge in [-0.15, -0.1) is 0 Å². The van der Waals surface area contributed by atoms with Gasteiger partial charge >= 0.3 is 0 Å². The molecule has 5 rings (SSSR count). The number of anilines is 1. The summed E-state index contributed by atoms with van der Waals surface area (Å²) in [6.07, 6.45) is 0. The van der Waals surface area contributed by atoms with E-state index in [0.717, 1.165) is 0 Å². The molecular formula is C38H38BN. The number of benzene rings is 5. The van der Waals surface area contributed by atoms with E-state index in [2.05, 4.69) is 168 Å². The standard InChI is InChI=1S/C38H38BN/c1-27-11-19-31(20-12-27)37(35-9-7-8-10-36(35)40(5)6)38(32-21-13-28(2)14-22-32)39(33-23-15-29(3)16-24-33)34-25-17-30(4)18-26-34/h7-26H,1-6H3/b38-37-. The van der Waals surface area contributed by atoms with E-state index >= 15 is 0 Å². The maximum atomic E-state index is 2.30. The van der Waals surface area contributed by atoms with Gasteiger partial charge < -0.3 is 4.90 Å². The molecule has 0 heterocycles. The van der Waals surface area contributed by atoms with Gasteiger partial charge in [0.05, 0.1) is 0 Å². The van der Waals surface area contributed by atoms with Crippen LogP contribution in [0.1, 0.15) is 38.9 Å². The van der Waals surface area contributed by atoms with Crippen molar-refractivity contribution in [3.8, 4) is 0 Å². The van der Waals surface area contributed by atoms with Crippen molar-refractivity contribution in [2.75, 3.05) is 19.0 Å². The molecule has 0 aliphatic heterocycles. The Morgan fingerprint density at radius 2 is 0.875 bits per heavy atom. The average molecular weight is 520 g/mol. The van der Waals surface area contributed by atoms with E-state index in [0.29, 0.717) is 0 Å². The average Bonchev–Trinajstić information content (AvgIpc) is 2.96. The fraction of sp³-hybridized carbons (Fsp3) is 0.158. The molecule has 1 nitrogen and oxygen atoms in total. The zero-order valence-corrected chi connectivity index (χ0v) is 24.6. The minimum atomic E-state index is 0.0374. The summed E-state index contributed by atoms with van der Waals surface area (Å²) >= 11 is 0. The maximum absolute atomic E-state index is 2.30. The Hall–Kier alpha value is -4.30. The number of rotatable bonds is 7. The highest BCUT2D eigenvalue weighted by atomic mass is 15.1. The number of aryl methyl sites for hydroxylation is 4. The number of hydrogen-bond donors (Lipinski definition) is 0. The lowest BCUT2D eigenvalue weighted by Crippen LogP contribution is -2.44. The SMILES string of the molecule is Cc1ccc(B(/C(=C(/c2ccc(C)cc2)c2ccccc2N(C)C)c2ccc(C)cc2)c2ccc(C)cc2)cc1. The van der Waals surface area contributed by atoms with Crippen molar-refractivity contribution in [1.29, 1.82) is 0 Å². The molecule has 2 heteroatoms. The van der Waals surface area contributed by atoms with E-state index in [1.54, 1.807) is 0 Å². The molecule has 0 aliphatic rings. The molecule has 0 amide bonds. The molecule has 0 unspecified atom stereocenters. The van der Waals surface area contributed by atoms with Gasteiger partial charge in [0.2, 0.25) is 6.71 Å². The van der Waals surface area contributed by atoms with E-state index in [4.69, 9.17) is 0 Å². The first-order valence-electron chi connectivity index (χ1n) is 14.1. The van der Waals surface area contributed by atoms with E-state index < -0.39 is 0 Å². The predicted molar refractivity (Wildman–Crippen MR) is 176 cm³/mol. The van der Waals surface area contributed by atoms with Crippen molar-refractivity contribution in [2.45, 2.75) is 27.7 Å². The molecule has 0 aliphatic carbocycles. The lowest BCUT2D eigenvalue weighted by molar-refractivity contribution is 1.13. The summed E-state index contributed by atoms with van der Waals surface area (Å²) in [5.74, 6) is 0. The van der Waals surface area contributed by atoms with Crippen LogP contribution in [0.2, 0.25) is 0 Å². The van der Waals surface area contributed by atoms with E-state index in [1.807, 2.05) is 0 Å². The zero-order chi connectivity index (χ0) is 28.2. The smallest absolute Gasteiger partial charge is 0.242 e. The van der Waals surface area contributed by atoms with Gasteiger partial charge in [0, 0.05) is 25.3 Å². The van der Waals surface area contributed by atoms with Crippen molar-refractivity contribution >= 4 is 34.4 Å². The van der Waals surface area contributed by atoms with Gasteiger partial charge in [-0.1, -0.05) is 154 Å². The van der Waals surface area contributed by atoms with Crippen LogP contribution in [0.25, 0.3) is 11.0 Å². The Morgan fingerprint density at radius 3 is 1.32 bits per heavy atom. The topological polar surface area (TPSA) is 3.24 Å². The molecule has 0 aromatic heterocycles. The van der Waals surface area contributed by atoms with Crippen LogP contribution in [0.3, 0.4) is 0 Å². The summed E-state index contributed by atoms with van der Waals surface area (Å²) in [5, 5.41) is 0. The second-order valence-electron chi connectivity index (χ2n) is 11.2. The molecule has 0 fully saturated rings. The van der Waals surface area contributed by atoms with E-state index in [9.17, 15) is 0 Å². The normalized spacial score (nSPS) is 11.7. The number of para-hydroxylation sites is 1. The summed E-state index contributed by atoms with van der Waals surface area (Å²) < 4.78 is 0. The summed E-state index contributed by atoms with van der Waals surface area (Å²) in [6.45, 7) is 8.67. The van der Waals surface area contributed by atoms with Crippen molar-refractivity contribution in [1.82, 2.24) is 0 Å². The van der Waals surface area contributed by atoms with Crippen LogP contribution < -0.4 is 15.8 Å². The van der Waals surface area contributed by atoms with Crippen LogP contribution in [-0.2, 0) is 0 Å². The largest absolute Gasteiger partial charge is 0.377 e. The molecular weight excluding hydrogens is 481 g/mol. The van der Waals surface area contributed by atoms with Crippen molar-refractivity contribution in [2.24, 2.45) is 0 Å². The highest BCUT2D eigenvalue weighted by Crippen LogP contribution is 2.38. The molecule has 40 heavy (non-hydrogen) atoms. The first-order chi connectivity index (χ1) is 19.3. The summed E-state index contributed by atoms with van der Waals surface area (Å²) in [5.41, 5.74) is 15.1. The maximum Gasteiger partial charge on any atom is 0.242 e. The summed E-state index contributed by atoms with van der Waals surface area (Å²) in [4.78, 5) is 2.23. The molecule has 0 bridgehead atoms. The van der Waals surface area contributed by atoms with Crippen LogP contribution in [0.4, 0.5) is 5.69 Å². The summed E-state index contributed by atoms with van der Waals surface area (Å²) in [6, 6.07) is 45.1. The molecule has 0 saturated carbocycles. The lowest BCUT2D eigenvalue weighted by Gasteiger charge is -2.27. The molecule has 0 spiro atoms. The predicted octanol–water partition coefficient (Wildman–Crippen LogP) is 7.79. The lowest BCUT2D eigenvalue weighted by atomic mass is 9.34. The Bertz CT molecular complexity index is 1560. The van der Waals surface area contributed by atoms with Crippen molar-refractivity contribution in [3.63, 3.8) is 0 Å². The first kappa shape index (κ1) is 27.3. The van der Waals surface area contributed by atoms with Gasteiger partial charge in [-0.3, -0.25) is 0 Å². The van der Waals surface area contributed by atoms with Crippen molar-refractivity contribution in [3.05, 3.63) is 160 Å². The van der Waals surface area contributed by atoms with Gasteiger partial charge in [-0.25, -0.2) is 0 Å². The van der Waals surface area contributed by atoms with E-state index in [1.165, 1.54) is 66.6 Å². The third-order valence-corrected chi connectivity index (χ3v) is 7.74. The zero-order valence-electron chi connectivity index (χ0n) is 24.6. The Labute approximate surface area is 240 Å². The van der Waals surface area contributed by atoms with Crippen molar-refractivity contribution < 1.29 is 0 Å². The van der Waals surface area contributed by atoms with Crippen LogP contribution in [0.15, 0.2) is 121 Å². The second kappa shape index (κ2) is 11.8. The molecule has 0 radical (unpaired) electrons. The van der Waals surface area contributed by atoms with Gasteiger partial charge in [-0.05, 0) is 50.5 Å². The van der Waals surface area contributed by atoms with Gasteiger partial charge in [0.15, 0.2) is 0 Å². The minimum absolute atomic E-state index is 0.0374.